The van der Waals surface area contributed by atoms with Crippen molar-refractivity contribution < 1.29 is 53.6 Å². The van der Waals surface area contributed by atoms with Crippen molar-refractivity contribution in [3.63, 3.8) is 0 Å². The Morgan fingerprint density at radius 2 is 0.435 bits per heavy atom. The van der Waals surface area contributed by atoms with E-state index in [1.807, 2.05) is 0 Å². The maximum Gasteiger partial charge on any atom is 0 e. The fourth-order valence-corrected chi connectivity index (χ4v) is 8.97. The molecule has 0 aliphatic rings. The van der Waals surface area contributed by atoms with Gasteiger partial charge in [0.05, 0.1) is 0 Å². The van der Waals surface area contributed by atoms with Crippen molar-refractivity contribution in [2.45, 2.75) is 0 Å². The average molecular weight is 844 g/mol. The minimum atomic E-state index is -4.94. The summed E-state index contributed by atoms with van der Waals surface area (Å²) in [6, 6.07) is 64.7. The van der Waals surface area contributed by atoms with Crippen molar-refractivity contribution in [3.05, 3.63) is 189 Å². The molecule has 0 N–H and O–H groups in total. The van der Waals surface area contributed by atoms with Crippen molar-refractivity contribution in [3.8, 4) is 0 Å². The second kappa shape index (κ2) is 21.5. The van der Waals surface area contributed by atoms with Crippen molar-refractivity contribution in [2.75, 3.05) is 0 Å². The van der Waals surface area contributed by atoms with E-state index in [2.05, 4.69) is 189 Å². The van der Waals surface area contributed by atoms with E-state index in [1.54, 1.807) is 0 Å². The summed E-state index contributed by atoms with van der Waals surface area (Å²) in [6.07, 6.45) is 0. The van der Waals surface area contributed by atoms with Gasteiger partial charge in [-0.05, 0) is 47.7 Å². The third kappa shape index (κ3) is 13.6. The molecule has 0 spiro atoms. The monoisotopic (exact) mass is 844 g/mol. The van der Waals surface area contributed by atoms with Gasteiger partial charge < -0.3 is 0 Å². The molecule has 0 atom stereocenters. The maximum atomic E-state index is 8.49. The summed E-state index contributed by atoms with van der Waals surface area (Å²) in [5.74, 6) is 0. The Kier molecular flexibility index (Phi) is 18.2. The first-order valence-electron chi connectivity index (χ1n) is 13.6. The first-order valence-corrected chi connectivity index (χ1v) is 17.5. The van der Waals surface area contributed by atoms with Gasteiger partial charge >= 0.3 is 11.3 Å². The second-order valence-corrected chi connectivity index (χ2v) is 14.3. The van der Waals surface area contributed by atoms with Gasteiger partial charge in [0.15, 0.2) is 0 Å². The van der Waals surface area contributed by atoms with Crippen LogP contribution >= 0.6 is 15.8 Å². The molecule has 0 saturated heterocycles. The third-order valence-corrected chi connectivity index (χ3v) is 11.0. The molecule has 6 rings (SSSR count). The average Bonchev–Trinajstić information content (AvgIpc) is 3.09. The number of hydrogen-bond acceptors (Lipinski definition) is 4. The van der Waals surface area contributed by atoms with E-state index < -0.39 is 26.1 Å². The Morgan fingerprint density at radius 3 is 0.543 bits per heavy atom. The van der Waals surface area contributed by atoms with Gasteiger partial charge in [-0.3, -0.25) is 0 Å². The molecule has 0 amide bonds. The number of hydrogen-bond donors (Lipinski definition) is 0. The van der Waals surface area contributed by atoms with Crippen LogP contribution in [0, 0.1) is 16.9 Å². The quantitative estimate of drug-likeness (QED) is 0.145. The van der Waals surface area contributed by atoms with Crippen LogP contribution in [0.2, 0.25) is 0 Å². The van der Waals surface area contributed by atoms with Gasteiger partial charge in [0.25, 0.3) is 0 Å². The molecular weight excluding hydrogens is 814 g/mol. The zero-order valence-electron chi connectivity index (χ0n) is 24.5. The van der Waals surface area contributed by atoms with Crippen LogP contribution in [0.5, 0.6) is 0 Å². The maximum absolute atomic E-state index is 8.49. The van der Waals surface area contributed by atoms with Crippen molar-refractivity contribution >= 4 is 47.7 Å². The molecule has 0 bridgehead atoms. The molecule has 9 heteroatoms. The standard InChI is InChI=1S/2C18H15P.CO.ClHO4.Ir/c2*1-4-10-16(11-5-1)19(17-12-6-2-7-13-17)18-14-8-3-9-15-18;1-2;2-1(3,4)5;/h2*1-15H;;(H,2,3,4,5);/p-1. The minimum Gasteiger partial charge on any atom is -0.222 e. The molecule has 0 heterocycles. The molecule has 5 nitrogen and oxygen atoms in total. The first-order chi connectivity index (χ1) is 21.9. The van der Waals surface area contributed by atoms with Crippen LogP contribution in [-0.4, -0.2) is 0 Å². The Bertz CT molecular complexity index is 1330. The number of benzene rings is 6. The summed E-state index contributed by atoms with van der Waals surface area (Å²) < 4.78 is 41.5. The fourth-order valence-electron chi connectivity index (χ4n) is 4.36. The van der Waals surface area contributed by atoms with Crippen LogP contribution in [0.3, 0.4) is 0 Å². The van der Waals surface area contributed by atoms with E-state index in [9.17, 15) is 0 Å². The molecule has 0 saturated carbocycles. The van der Waals surface area contributed by atoms with Crippen LogP contribution in [0.25, 0.3) is 0 Å². The van der Waals surface area contributed by atoms with Crippen LogP contribution in [0.1, 0.15) is 0 Å². The minimum absolute atomic E-state index is 0. The van der Waals surface area contributed by atoms with Gasteiger partial charge in [0, 0.05) is 20.1 Å². The molecule has 1 radical (unpaired) electrons. The Labute approximate surface area is 288 Å². The van der Waals surface area contributed by atoms with E-state index >= 15 is 0 Å². The third-order valence-electron chi connectivity index (χ3n) is 6.09. The molecule has 0 unspecified atom stereocenters. The zero-order chi connectivity index (χ0) is 32.3. The predicted octanol–water partition coefficient (Wildman–Crippen LogP) is 2.09. The zero-order valence-corrected chi connectivity index (χ0v) is 29.4. The normalized spacial score (nSPS) is 10.1. The van der Waals surface area contributed by atoms with E-state index in [4.69, 9.17) is 23.3 Å². The summed E-state index contributed by atoms with van der Waals surface area (Å²) in [6.45, 7) is 4.50. The molecule has 6 aromatic rings. The van der Waals surface area contributed by atoms with E-state index in [1.165, 1.54) is 31.8 Å². The van der Waals surface area contributed by atoms with Gasteiger partial charge in [-0.15, -0.1) is 10.2 Å². The molecule has 0 fully saturated rings. The number of halogens is 1. The smallest absolute Gasteiger partial charge is 0 e. The SMILES string of the molecule is [C-]#[O+].[Ir].[O-][Cl+3]([O-])([O-])[O-].c1ccc(P(c2ccccc2)c2ccccc2)cc1.c1ccc(P(c2ccccc2)c2ccccc2)cc1. The van der Waals surface area contributed by atoms with Crippen molar-refractivity contribution in [1.82, 2.24) is 0 Å². The second-order valence-electron chi connectivity index (χ2n) is 9.06. The molecule has 235 valence electrons. The molecule has 0 aliphatic heterocycles. The van der Waals surface area contributed by atoms with Gasteiger partial charge in [0.1, 0.15) is 0 Å². The van der Waals surface area contributed by atoms with E-state index in [0.29, 0.717) is 0 Å². The van der Waals surface area contributed by atoms with Crippen LogP contribution in [0.4, 0.5) is 0 Å². The Balaban J connectivity index is 0.000000263. The van der Waals surface area contributed by atoms with E-state index in [0.717, 1.165) is 0 Å². The predicted molar refractivity (Wildman–Crippen MR) is 174 cm³/mol. The summed E-state index contributed by atoms with van der Waals surface area (Å²) in [7, 11) is -5.84. The van der Waals surface area contributed by atoms with Gasteiger partial charge in [-0.1, -0.05) is 182 Å². The molecule has 0 aromatic heterocycles. The first kappa shape index (κ1) is 38.9. The van der Waals surface area contributed by atoms with Crippen molar-refractivity contribution in [1.29, 1.82) is 0 Å². The van der Waals surface area contributed by atoms with Gasteiger partial charge in [-0.2, -0.15) is 0 Å². The number of rotatable bonds is 6. The van der Waals surface area contributed by atoms with E-state index in [-0.39, 0.29) is 20.1 Å². The molecular formula is C37H30ClIrO5P2-. The topological polar surface area (TPSA) is 112 Å². The molecule has 6 aromatic carbocycles. The largest absolute Gasteiger partial charge is 0.222 e. The Hall–Kier alpha value is -3.30. The molecule has 46 heavy (non-hydrogen) atoms. The van der Waals surface area contributed by atoms with Crippen LogP contribution in [-0.2, 0) is 24.8 Å². The van der Waals surface area contributed by atoms with Gasteiger partial charge in [0.2, 0.25) is 0 Å². The Morgan fingerprint density at radius 1 is 0.326 bits per heavy atom. The van der Waals surface area contributed by atoms with Crippen LogP contribution < -0.4 is 50.5 Å². The molecule has 0 aliphatic carbocycles. The summed E-state index contributed by atoms with van der Waals surface area (Å²) in [5, 5.41) is 8.39. The van der Waals surface area contributed by atoms with Crippen LogP contribution in [0.15, 0.2) is 182 Å². The fraction of sp³-hybridized carbons (Fsp3) is 0. The summed E-state index contributed by atoms with van der Waals surface area (Å²) in [5.41, 5.74) is 0. The van der Waals surface area contributed by atoms with Crippen molar-refractivity contribution in [2.24, 2.45) is 0 Å². The van der Waals surface area contributed by atoms with Gasteiger partial charge in [-0.25, -0.2) is 18.6 Å². The summed E-state index contributed by atoms with van der Waals surface area (Å²) >= 11 is 0. The summed E-state index contributed by atoms with van der Waals surface area (Å²) in [4.78, 5) is 0.